The first-order valence-electron chi connectivity index (χ1n) is 7.09. The van der Waals surface area contributed by atoms with Crippen molar-refractivity contribution in [3.8, 4) is 0 Å². The van der Waals surface area contributed by atoms with Gasteiger partial charge in [-0.2, -0.15) is 0 Å². The van der Waals surface area contributed by atoms with Crippen molar-refractivity contribution in [2.45, 2.75) is 18.8 Å². The van der Waals surface area contributed by atoms with Crippen LogP contribution in [0.2, 0.25) is 0 Å². The Morgan fingerprint density at radius 3 is 3.14 bits per heavy atom. The van der Waals surface area contributed by atoms with Crippen LogP contribution in [0.5, 0.6) is 0 Å². The number of piperidine rings is 1. The SMILES string of the molecule is CNc1cc([C@@H]2CCCN(C(=O)c3cscn3)C2)ccn1. The second kappa shape index (κ2) is 6.22. The lowest BCUT2D eigenvalue weighted by Gasteiger charge is -2.32. The van der Waals surface area contributed by atoms with Gasteiger partial charge in [-0.3, -0.25) is 4.79 Å². The van der Waals surface area contributed by atoms with E-state index in [1.54, 1.807) is 5.51 Å². The highest BCUT2D eigenvalue weighted by molar-refractivity contribution is 7.07. The molecule has 2 aromatic heterocycles. The van der Waals surface area contributed by atoms with Gasteiger partial charge in [-0.15, -0.1) is 11.3 Å². The molecule has 0 saturated carbocycles. The Bertz CT molecular complexity index is 614. The average Bonchev–Trinajstić information content (AvgIpc) is 3.09. The van der Waals surface area contributed by atoms with Crippen molar-refractivity contribution in [1.82, 2.24) is 14.9 Å². The van der Waals surface area contributed by atoms with Crippen molar-refractivity contribution in [1.29, 1.82) is 0 Å². The molecule has 0 aliphatic carbocycles. The molecule has 0 radical (unpaired) electrons. The Labute approximate surface area is 128 Å². The smallest absolute Gasteiger partial charge is 0.273 e. The van der Waals surface area contributed by atoms with E-state index in [4.69, 9.17) is 0 Å². The van der Waals surface area contributed by atoms with Crippen molar-refractivity contribution in [2.75, 3.05) is 25.5 Å². The van der Waals surface area contributed by atoms with E-state index in [9.17, 15) is 4.79 Å². The van der Waals surface area contributed by atoms with Gasteiger partial charge in [-0.25, -0.2) is 9.97 Å². The van der Waals surface area contributed by atoms with E-state index >= 15 is 0 Å². The molecule has 1 N–H and O–H groups in total. The van der Waals surface area contributed by atoms with Crippen LogP contribution in [0.25, 0.3) is 0 Å². The predicted octanol–water partition coefficient (Wildman–Crippen LogP) is 2.60. The molecular formula is C15H18N4OS. The van der Waals surface area contributed by atoms with Crippen LogP contribution in [0.15, 0.2) is 29.2 Å². The summed E-state index contributed by atoms with van der Waals surface area (Å²) in [5.74, 6) is 1.29. The van der Waals surface area contributed by atoms with E-state index in [1.807, 2.05) is 29.6 Å². The van der Waals surface area contributed by atoms with Gasteiger partial charge in [-0.05, 0) is 30.5 Å². The summed E-state index contributed by atoms with van der Waals surface area (Å²) in [6.45, 7) is 1.57. The third kappa shape index (κ3) is 3.05. The van der Waals surface area contributed by atoms with E-state index in [0.717, 1.165) is 31.7 Å². The highest BCUT2D eigenvalue weighted by atomic mass is 32.1. The Morgan fingerprint density at radius 2 is 2.38 bits per heavy atom. The van der Waals surface area contributed by atoms with E-state index in [0.29, 0.717) is 11.6 Å². The number of hydrogen-bond donors (Lipinski definition) is 1. The van der Waals surface area contributed by atoms with Crippen molar-refractivity contribution in [3.05, 3.63) is 40.5 Å². The summed E-state index contributed by atoms with van der Waals surface area (Å²) in [6.07, 6.45) is 3.95. The highest BCUT2D eigenvalue weighted by Gasteiger charge is 2.26. The largest absolute Gasteiger partial charge is 0.373 e. The molecule has 1 aliphatic heterocycles. The molecule has 3 rings (SSSR count). The summed E-state index contributed by atoms with van der Waals surface area (Å²) in [5.41, 5.74) is 3.51. The number of hydrogen-bond acceptors (Lipinski definition) is 5. The maximum atomic E-state index is 12.4. The average molecular weight is 302 g/mol. The van der Waals surface area contributed by atoms with E-state index in [1.165, 1.54) is 16.9 Å². The van der Waals surface area contributed by atoms with Gasteiger partial charge in [0.1, 0.15) is 11.5 Å². The summed E-state index contributed by atoms with van der Waals surface area (Å²) in [5, 5.41) is 4.88. The first kappa shape index (κ1) is 14.0. The van der Waals surface area contributed by atoms with Crippen LogP contribution in [-0.2, 0) is 0 Å². The van der Waals surface area contributed by atoms with Gasteiger partial charge in [0.15, 0.2) is 0 Å². The lowest BCUT2D eigenvalue weighted by Crippen LogP contribution is -2.39. The summed E-state index contributed by atoms with van der Waals surface area (Å²) in [7, 11) is 1.87. The molecule has 1 fully saturated rings. The summed E-state index contributed by atoms with van der Waals surface area (Å²) >= 11 is 1.46. The quantitative estimate of drug-likeness (QED) is 0.947. The first-order chi connectivity index (χ1) is 10.3. The Hall–Kier alpha value is -1.95. The van der Waals surface area contributed by atoms with Gasteiger partial charge in [0.25, 0.3) is 5.91 Å². The first-order valence-corrected chi connectivity index (χ1v) is 8.03. The molecule has 0 spiro atoms. The fraction of sp³-hybridized carbons (Fsp3) is 0.400. The summed E-state index contributed by atoms with van der Waals surface area (Å²) in [4.78, 5) is 22.7. The number of carbonyl (C=O) groups excluding carboxylic acids is 1. The highest BCUT2D eigenvalue weighted by Crippen LogP contribution is 2.28. The molecular weight excluding hydrogens is 284 g/mol. The van der Waals surface area contributed by atoms with Crippen LogP contribution in [0.1, 0.15) is 34.8 Å². The summed E-state index contributed by atoms with van der Waals surface area (Å²) in [6, 6.07) is 4.11. The van der Waals surface area contributed by atoms with Gasteiger partial charge in [-0.1, -0.05) is 0 Å². The van der Waals surface area contributed by atoms with Crippen LogP contribution in [0.3, 0.4) is 0 Å². The lowest BCUT2D eigenvalue weighted by molar-refractivity contribution is 0.0702. The number of pyridine rings is 1. The molecule has 1 atom stereocenters. The van der Waals surface area contributed by atoms with Crippen molar-refractivity contribution >= 4 is 23.1 Å². The number of anilines is 1. The van der Waals surface area contributed by atoms with Crippen LogP contribution < -0.4 is 5.32 Å². The molecule has 0 bridgehead atoms. The molecule has 0 unspecified atom stereocenters. The number of carbonyl (C=O) groups is 1. The minimum Gasteiger partial charge on any atom is -0.373 e. The maximum Gasteiger partial charge on any atom is 0.273 e. The van der Waals surface area contributed by atoms with Crippen molar-refractivity contribution < 1.29 is 4.79 Å². The molecule has 1 amide bonds. The molecule has 5 nitrogen and oxygen atoms in total. The lowest BCUT2D eigenvalue weighted by atomic mass is 9.91. The summed E-state index contributed by atoms with van der Waals surface area (Å²) < 4.78 is 0. The zero-order chi connectivity index (χ0) is 14.7. The van der Waals surface area contributed by atoms with Gasteiger partial charge < -0.3 is 10.2 Å². The van der Waals surface area contributed by atoms with Crippen molar-refractivity contribution in [3.63, 3.8) is 0 Å². The fourth-order valence-corrected chi connectivity index (χ4v) is 3.28. The molecule has 2 aromatic rings. The van der Waals surface area contributed by atoms with E-state index in [-0.39, 0.29) is 5.91 Å². The number of nitrogens with one attached hydrogen (secondary N) is 1. The van der Waals surface area contributed by atoms with Gasteiger partial charge >= 0.3 is 0 Å². The molecule has 1 aliphatic rings. The maximum absolute atomic E-state index is 12.4. The molecule has 21 heavy (non-hydrogen) atoms. The van der Waals surface area contributed by atoms with Crippen LogP contribution in [0, 0.1) is 0 Å². The number of thiazole rings is 1. The standard InChI is InChI=1S/C15H18N4OS/c1-16-14-7-11(4-5-17-14)12-3-2-6-19(8-12)15(20)13-9-21-10-18-13/h4-5,7,9-10,12H,2-3,6,8H2,1H3,(H,16,17)/t12-/m1/s1. The second-order valence-corrected chi connectivity index (χ2v) is 5.91. The number of rotatable bonds is 3. The van der Waals surface area contributed by atoms with E-state index < -0.39 is 0 Å². The van der Waals surface area contributed by atoms with Gasteiger partial charge in [0, 0.05) is 37.6 Å². The number of nitrogens with zero attached hydrogens (tertiary/aromatic N) is 3. The van der Waals surface area contributed by atoms with Gasteiger partial charge in [0.2, 0.25) is 0 Å². The minimum atomic E-state index is 0.0452. The number of aromatic nitrogens is 2. The normalized spacial score (nSPS) is 18.5. The molecule has 3 heterocycles. The van der Waals surface area contributed by atoms with Crippen LogP contribution >= 0.6 is 11.3 Å². The van der Waals surface area contributed by atoms with Crippen LogP contribution in [-0.4, -0.2) is 40.9 Å². The van der Waals surface area contributed by atoms with Gasteiger partial charge in [0.05, 0.1) is 5.51 Å². The number of likely N-dealkylation sites (tertiary alicyclic amines) is 1. The molecule has 6 heteroatoms. The Kier molecular flexibility index (Phi) is 4.15. The van der Waals surface area contributed by atoms with Crippen molar-refractivity contribution in [2.24, 2.45) is 0 Å². The molecule has 110 valence electrons. The monoisotopic (exact) mass is 302 g/mol. The third-order valence-corrected chi connectivity index (χ3v) is 4.46. The third-order valence-electron chi connectivity index (χ3n) is 3.87. The Balaban J connectivity index is 1.75. The molecule has 1 saturated heterocycles. The minimum absolute atomic E-state index is 0.0452. The fourth-order valence-electron chi connectivity index (χ4n) is 2.75. The zero-order valence-electron chi connectivity index (χ0n) is 12.0. The predicted molar refractivity (Wildman–Crippen MR) is 83.8 cm³/mol. The number of amides is 1. The zero-order valence-corrected chi connectivity index (χ0v) is 12.8. The Morgan fingerprint density at radius 1 is 1.48 bits per heavy atom. The topological polar surface area (TPSA) is 58.1 Å². The molecule has 0 aromatic carbocycles. The second-order valence-electron chi connectivity index (χ2n) is 5.19. The van der Waals surface area contributed by atoms with Crippen LogP contribution in [0.4, 0.5) is 5.82 Å². The van der Waals surface area contributed by atoms with E-state index in [2.05, 4.69) is 21.4 Å².